The number of aryl methyl sites for hydroxylation is 1. The second-order valence-corrected chi connectivity index (χ2v) is 7.57. The van der Waals surface area contributed by atoms with E-state index in [4.69, 9.17) is 11.6 Å². The fourth-order valence-corrected chi connectivity index (χ4v) is 3.73. The maximum Gasteiger partial charge on any atom is 0.227 e. The summed E-state index contributed by atoms with van der Waals surface area (Å²) in [5.41, 5.74) is 2.96. The Labute approximate surface area is 165 Å². The summed E-state index contributed by atoms with van der Waals surface area (Å²) in [5, 5.41) is 6.49. The van der Waals surface area contributed by atoms with Gasteiger partial charge in [-0.3, -0.25) is 9.59 Å². The van der Waals surface area contributed by atoms with Gasteiger partial charge in [-0.25, -0.2) is 0 Å². The zero-order chi connectivity index (χ0) is 19.2. The Hall–Kier alpha value is -2.33. The van der Waals surface area contributed by atoms with Crippen molar-refractivity contribution in [1.29, 1.82) is 0 Å². The zero-order valence-corrected chi connectivity index (χ0v) is 16.3. The fraction of sp³-hybridized carbons (Fsp3) is 0.364. The van der Waals surface area contributed by atoms with Crippen LogP contribution in [0.25, 0.3) is 0 Å². The highest BCUT2D eigenvalue weighted by Gasteiger charge is 2.30. The lowest BCUT2D eigenvalue weighted by Gasteiger charge is -2.27. The van der Waals surface area contributed by atoms with Crippen LogP contribution in [0, 0.1) is 18.8 Å². The summed E-state index contributed by atoms with van der Waals surface area (Å²) >= 11 is 6.10. The molecular formula is C22H25ClN2O2. The van der Waals surface area contributed by atoms with Gasteiger partial charge in [0.15, 0.2) is 0 Å². The molecule has 2 aromatic carbocycles. The topological polar surface area (TPSA) is 58.2 Å². The molecule has 0 heterocycles. The number of halogens is 1. The lowest BCUT2D eigenvalue weighted by molar-refractivity contribution is -0.128. The van der Waals surface area contributed by atoms with Crippen LogP contribution in [-0.2, 0) is 16.1 Å². The van der Waals surface area contributed by atoms with Gasteiger partial charge < -0.3 is 10.6 Å². The van der Waals surface area contributed by atoms with Gasteiger partial charge >= 0.3 is 0 Å². The van der Waals surface area contributed by atoms with Crippen molar-refractivity contribution in [3.63, 3.8) is 0 Å². The average Bonchev–Trinajstić information content (AvgIpc) is 2.69. The molecule has 0 unspecified atom stereocenters. The zero-order valence-electron chi connectivity index (χ0n) is 15.5. The van der Waals surface area contributed by atoms with Crippen molar-refractivity contribution in [3.05, 3.63) is 64.7 Å². The van der Waals surface area contributed by atoms with Gasteiger partial charge in [-0.05, 0) is 55.9 Å². The summed E-state index contributed by atoms with van der Waals surface area (Å²) < 4.78 is 0. The van der Waals surface area contributed by atoms with Crippen molar-refractivity contribution >= 4 is 29.1 Å². The minimum atomic E-state index is -0.0679. The Morgan fingerprint density at radius 2 is 1.52 bits per heavy atom. The maximum atomic E-state index is 12.5. The minimum absolute atomic E-state index is 0.0122. The molecule has 1 aliphatic carbocycles. The van der Waals surface area contributed by atoms with Crippen LogP contribution < -0.4 is 10.6 Å². The molecule has 0 saturated heterocycles. The number of carbonyl (C=O) groups is 2. The minimum Gasteiger partial charge on any atom is -0.352 e. The lowest BCUT2D eigenvalue weighted by atomic mass is 9.81. The first-order valence-corrected chi connectivity index (χ1v) is 9.80. The molecule has 1 saturated carbocycles. The molecule has 3 rings (SSSR count). The maximum absolute atomic E-state index is 12.5. The first-order chi connectivity index (χ1) is 13.0. The molecule has 0 radical (unpaired) electrons. The van der Waals surface area contributed by atoms with Gasteiger partial charge in [0.1, 0.15) is 0 Å². The highest BCUT2D eigenvalue weighted by Crippen LogP contribution is 2.31. The van der Waals surface area contributed by atoms with Crippen LogP contribution in [0.3, 0.4) is 0 Å². The highest BCUT2D eigenvalue weighted by molar-refractivity contribution is 6.33. The first-order valence-electron chi connectivity index (χ1n) is 9.42. The Morgan fingerprint density at radius 3 is 2.19 bits per heavy atom. The molecule has 0 aliphatic heterocycles. The number of anilines is 1. The quantitative estimate of drug-likeness (QED) is 0.784. The van der Waals surface area contributed by atoms with Crippen molar-refractivity contribution < 1.29 is 9.59 Å². The van der Waals surface area contributed by atoms with E-state index in [0.29, 0.717) is 17.3 Å². The van der Waals surface area contributed by atoms with Crippen LogP contribution in [0.4, 0.5) is 5.69 Å². The van der Waals surface area contributed by atoms with E-state index in [1.807, 2.05) is 43.3 Å². The molecule has 4 nitrogen and oxygen atoms in total. The van der Waals surface area contributed by atoms with Crippen LogP contribution >= 0.6 is 11.6 Å². The third kappa shape index (κ3) is 5.10. The second kappa shape index (κ2) is 9.05. The van der Waals surface area contributed by atoms with Crippen LogP contribution in [0.5, 0.6) is 0 Å². The summed E-state index contributed by atoms with van der Waals surface area (Å²) in [4.78, 5) is 24.9. The molecule has 142 valence electrons. The molecule has 5 heteroatoms. The number of para-hydroxylation sites is 1. The Kier molecular flexibility index (Phi) is 6.51. The number of hydrogen-bond acceptors (Lipinski definition) is 2. The number of benzene rings is 2. The van der Waals surface area contributed by atoms with Crippen molar-refractivity contribution in [2.75, 3.05) is 5.32 Å². The van der Waals surface area contributed by atoms with Crippen LogP contribution in [0.2, 0.25) is 5.02 Å². The van der Waals surface area contributed by atoms with Gasteiger partial charge in [0.05, 0.1) is 10.7 Å². The standard InChI is InChI=1S/C22H25ClN2O2/c1-15-6-2-3-7-18(15)14-24-21(26)16-10-12-17(13-11-16)22(27)25-20-9-5-4-8-19(20)23/h2-9,16-17H,10-14H2,1H3,(H,24,26)(H,25,27). The van der Waals surface area contributed by atoms with E-state index in [1.165, 1.54) is 5.56 Å². The number of amides is 2. The third-order valence-electron chi connectivity index (χ3n) is 5.31. The van der Waals surface area contributed by atoms with E-state index >= 15 is 0 Å². The van der Waals surface area contributed by atoms with Gasteiger partial charge in [0, 0.05) is 18.4 Å². The third-order valence-corrected chi connectivity index (χ3v) is 5.64. The molecule has 2 N–H and O–H groups in total. The monoisotopic (exact) mass is 384 g/mol. The largest absolute Gasteiger partial charge is 0.352 e. The van der Waals surface area contributed by atoms with Crippen molar-refractivity contribution in [1.82, 2.24) is 5.32 Å². The molecule has 0 aromatic heterocycles. The van der Waals surface area contributed by atoms with Crippen molar-refractivity contribution in [2.45, 2.75) is 39.2 Å². The molecule has 0 atom stereocenters. The van der Waals surface area contributed by atoms with Gasteiger partial charge in [0.2, 0.25) is 11.8 Å². The lowest BCUT2D eigenvalue weighted by Crippen LogP contribution is -2.35. The van der Waals surface area contributed by atoms with Crippen LogP contribution in [-0.4, -0.2) is 11.8 Å². The van der Waals surface area contributed by atoms with Crippen molar-refractivity contribution in [3.8, 4) is 0 Å². The molecule has 2 aromatic rings. The van der Waals surface area contributed by atoms with E-state index in [1.54, 1.807) is 12.1 Å². The van der Waals surface area contributed by atoms with E-state index < -0.39 is 0 Å². The van der Waals surface area contributed by atoms with Gasteiger partial charge in [-0.2, -0.15) is 0 Å². The molecule has 0 spiro atoms. The Morgan fingerprint density at radius 1 is 0.926 bits per heavy atom. The summed E-state index contributed by atoms with van der Waals surface area (Å²) in [6.07, 6.45) is 2.91. The molecule has 27 heavy (non-hydrogen) atoms. The predicted octanol–water partition coefficient (Wildman–Crippen LogP) is 4.71. The number of hydrogen-bond donors (Lipinski definition) is 2. The highest BCUT2D eigenvalue weighted by atomic mass is 35.5. The molecule has 1 aliphatic rings. The van der Waals surface area contributed by atoms with Crippen LogP contribution in [0.1, 0.15) is 36.8 Å². The fourth-order valence-electron chi connectivity index (χ4n) is 3.55. The van der Waals surface area contributed by atoms with Crippen molar-refractivity contribution in [2.24, 2.45) is 11.8 Å². The summed E-state index contributed by atoms with van der Waals surface area (Å²) in [5.74, 6) is -0.00912. The predicted molar refractivity (Wildman–Crippen MR) is 109 cm³/mol. The molecule has 1 fully saturated rings. The van der Waals surface area contributed by atoms with E-state index in [2.05, 4.69) is 10.6 Å². The molecule has 0 bridgehead atoms. The summed E-state index contributed by atoms with van der Waals surface area (Å²) in [7, 11) is 0. The normalized spacial score (nSPS) is 19.3. The Bertz CT molecular complexity index is 813. The summed E-state index contributed by atoms with van der Waals surface area (Å²) in [6.45, 7) is 2.60. The summed E-state index contributed by atoms with van der Waals surface area (Å²) in [6, 6.07) is 15.3. The smallest absolute Gasteiger partial charge is 0.227 e. The van der Waals surface area contributed by atoms with E-state index in [0.717, 1.165) is 31.2 Å². The van der Waals surface area contributed by atoms with Gasteiger partial charge in [-0.15, -0.1) is 0 Å². The van der Waals surface area contributed by atoms with Crippen LogP contribution in [0.15, 0.2) is 48.5 Å². The molecular weight excluding hydrogens is 360 g/mol. The first kappa shape index (κ1) is 19.4. The van der Waals surface area contributed by atoms with Gasteiger partial charge in [0.25, 0.3) is 0 Å². The molecule has 2 amide bonds. The Balaban J connectivity index is 1.47. The number of carbonyl (C=O) groups excluding carboxylic acids is 2. The average molecular weight is 385 g/mol. The second-order valence-electron chi connectivity index (χ2n) is 7.16. The van der Waals surface area contributed by atoms with E-state index in [-0.39, 0.29) is 23.7 Å². The van der Waals surface area contributed by atoms with Gasteiger partial charge in [-0.1, -0.05) is 48.0 Å². The van der Waals surface area contributed by atoms with E-state index in [9.17, 15) is 9.59 Å². The number of nitrogens with one attached hydrogen (secondary N) is 2. The SMILES string of the molecule is Cc1ccccc1CNC(=O)C1CCC(C(=O)Nc2ccccc2Cl)CC1. The number of rotatable bonds is 5.